The highest BCUT2D eigenvalue weighted by molar-refractivity contribution is 5.01. The predicted molar refractivity (Wildman–Crippen MR) is 216 cm³/mol. The molecule has 0 aromatic carbocycles. The van der Waals surface area contributed by atoms with Gasteiger partial charge >= 0.3 is 0 Å². The number of rotatable bonds is 27. The van der Waals surface area contributed by atoms with E-state index in [1.54, 1.807) is 0 Å². The Bertz CT molecular complexity index is 771. The first-order chi connectivity index (χ1) is 22.0. The Kier molecular flexibility index (Phi) is 21.1. The van der Waals surface area contributed by atoms with Crippen LogP contribution in [-0.2, 0) is 0 Å². The van der Waals surface area contributed by atoms with Gasteiger partial charge in [0.15, 0.2) is 0 Å². The van der Waals surface area contributed by atoms with E-state index in [0.29, 0.717) is 5.41 Å². The molecule has 1 fully saturated rings. The zero-order chi connectivity index (χ0) is 36.1. The molecule has 0 heteroatoms. The summed E-state index contributed by atoms with van der Waals surface area (Å²) < 4.78 is 0. The Hall–Kier alpha value is 0. The maximum absolute atomic E-state index is 2.78. The predicted octanol–water partition coefficient (Wildman–Crippen LogP) is 16.0. The van der Waals surface area contributed by atoms with Gasteiger partial charge in [0.2, 0.25) is 0 Å². The maximum Gasteiger partial charge on any atom is -0.0303 e. The monoisotopic (exact) mass is 659 g/mol. The lowest BCUT2D eigenvalue weighted by molar-refractivity contribution is -0.0803. The highest BCUT2D eigenvalue weighted by Crippen LogP contribution is 2.60. The minimum atomic E-state index is 0.372. The van der Waals surface area contributed by atoms with Gasteiger partial charge in [-0.25, -0.2) is 0 Å². The van der Waals surface area contributed by atoms with Crippen molar-refractivity contribution >= 4 is 0 Å². The van der Waals surface area contributed by atoms with E-state index in [2.05, 4.69) is 118 Å². The van der Waals surface area contributed by atoms with Crippen molar-refractivity contribution in [2.24, 2.45) is 94.2 Å². The second-order valence-electron chi connectivity index (χ2n) is 19.9. The van der Waals surface area contributed by atoms with Crippen molar-refractivity contribution in [3.05, 3.63) is 0 Å². The van der Waals surface area contributed by atoms with E-state index in [4.69, 9.17) is 0 Å². The first kappa shape index (κ1) is 45.0. The van der Waals surface area contributed by atoms with Crippen LogP contribution in [0, 0.1) is 94.2 Å². The number of hydrogen-bond donors (Lipinski definition) is 0. The molecule has 0 radical (unpaired) electrons. The maximum atomic E-state index is 2.78. The molecule has 1 aliphatic rings. The van der Waals surface area contributed by atoms with Crippen LogP contribution in [0.2, 0.25) is 0 Å². The molecule has 0 nitrogen and oxygen atoms in total. The smallest absolute Gasteiger partial charge is 0.0303 e. The van der Waals surface area contributed by atoms with Gasteiger partial charge in [-0.2, -0.15) is 0 Å². The largest absolute Gasteiger partial charge is 0.0654 e. The summed E-state index contributed by atoms with van der Waals surface area (Å²) in [7, 11) is 0. The Morgan fingerprint density at radius 1 is 0.532 bits per heavy atom. The summed E-state index contributed by atoms with van der Waals surface area (Å²) in [6.45, 7) is 44.0. The van der Waals surface area contributed by atoms with Gasteiger partial charge in [0.1, 0.15) is 0 Å². The SMILES string of the molecule is CCCCCC(C)CC1CC1CC(C)(C)C(C(C)CC)C(C(CCCC)C(C)C)C(C(CCCC)C(C)C)C(C(C)C)C(C)C(C)C. The van der Waals surface area contributed by atoms with Crippen LogP contribution in [0.15, 0.2) is 0 Å². The molecule has 1 rings (SSSR count). The van der Waals surface area contributed by atoms with Crippen molar-refractivity contribution in [1.82, 2.24) is 0 Å². The molecule has 1 aliphatic carbocycles. The van der Waals surface area contributed by atoms with Crippen molar-refractivity contribution < 1.29 is 0 Å². The molecule has 11 atom stereocenters. The average molecular weight is 659 g/mol. The van der Waals surface area contributed by atoms with Crippen LogP contribution in [0.3, 0.4) is 0 Å². The molecule has 47 heavy (non-hydrogen) atoms. The first-order valence-corrected chi connectivity index (χ1v) is 22.0. The molecule has 0 saturated heterocycles. The number of unbranched alkanes of at least 4 members (excludes halogenated alkanes) is 4. The van der Waals surface area contributed by atoms with Crippen LogP contribution in [0.4, 0.5) is 0 Å². The van der Waals surface area contributed by atoms with Crippen LogP contribution in [-0.4, -0.2) is 0 Å². The fraction of sp³-hybridized carbons (Fsp3) is 1.00. The molecule has 0 amide bonds. The molecule has 0 heterocycles. The third-order valence-electron chi connectivity index (χ3n) is 14.2. The third kappa shape index (κ3) is 13.9. The summed E-state index contributed by atoms with van der Waals surface area (Å²) in [6, 6.07) is 0. The van der Waals surface area contributed by atoms with Gasteiger partial charge < -0.3 is 0 Å². The van der Waals surface area contributed by atoms with Gasteiger partial charge in [0.25, 0.3) is 0 Å². The Balaban J connectivity index is 3.86. The van der Waals surface area contributed by atoms with Crippen molar-refractivity contribution in [3.8, 4) is 0 Å². The van der Waals surface area contributed by atoms with Gasteiger partial charge in [-0.05, 0) is 126 Å². The van der Waals surface area contributed by atoms with E-state index in [1.165, 1.54) is 89.9 Å². The third-order valence-corrected chi connectivity index (χ3v) is 14.2. The summed E-state index contributed by atoms with van der Waals surface area (Å²) in [5.41, 5.74) is 0.372. The number of hydrogen-bond acceptors (Lipinski definition) is 0. The van der Waals surface area contributed by atoms with Crippen LogP contribution in [0.5, 0.6) is 0 Å². The molecule has 0 aliphatic heterocycles. The molecular formula is C47H94. The summed E-state index contributed by atoms with van der Waals surface area (Å²) in [5.74, 6) is 12.2. The average Bonchev–Trinajstić information content (AvgIpc) is 3.70. The normalized spacial score (nSPS) is 23.2. The lowest BCUT2D eigenvalue weighted by atomic mass is 9.49. The van der Waals surface area contributed by atoms with E-state index in [1.807, 2.05) is 0 Å². The Morgan fingerprint density at radius 3 is 1.47 bits per heavy atom. The molecule has 1 saturated carbocycles. The summed E-state index contributed by atoms with van der Waals surface area (Å²) in [6.07, 6.45) is 19.8. The topological polar surface area (TPSA) is 0 Å². The van der Waals surface area contributed by atoms with Crippen LogP contribution >= 0.6 is 0 Å². The van der Waals surface area contributed by atoms with E-state index >= 15 is 0 Å². The minimum Gasteiger partial charge on any atom is -0.0654 e. The van der Waals surface area contributed by atoms with Crippen LogP contribution < -0.4 is 0 Å². The first-order valence-electron chi connectivity index (χ1n) is 22.0. The highest BCUT2D eigenvalue weighted by atomic mass is 14.6. The van der Waals surface area contributed by atoms with Crippen molar-refractivity contribution in [2.75, 3.05) is 0 Å². The summed E-state index contributed by atoms with van der Waals surface area (Å²) in [5, 5.41) is 0. The van der Waals surface area contributed by atoms with E-state index in [-0.39, 0.29) is 0 Å². The van der Waals surface area contributed by atoms with Gasteiger partial charge in [-0.3, -0.25) is 0 Å². The lowest BCUT2D eigenvalue weighted by Crippen LogP contribution is -2.50. The quantitative estimate of drug-likeness (QED) is 0.0770. The molecule has 0 aromatic rings. The molecule has 0 aromatic heterocycles. The van der Waals surface area contributed by atoms with E-state index in [0.717, 1.165) is 88.8 Å². The Morgan fingerprint density at radius 2 is 1.04 bits per heavy atom. The van der Waals surface area contributed by atoms with E-state index < -0.39 is 0 Å². The summed E-state index contributed by atoms with van der Waals surface area (Å²) >= 11 is 0. The lowest BCUT2D eigenvalue weighted by Gasteiger charge is -2.56. The summed E-state index contributed by atoms with van der Waals surface area (Å²) in [4.78, 5) is 0. The van der Waals surface area contributed by atoms with Gasteiger partial charge in [-0.15, -0.1) is 0 Å². The van der Waals surface area contributed by atoms with Gasteiger partial charge in [0, 0.05) is 0 Å². The molecule has 282 valence electrons. The molecule has 0 spiro atoms. The molecule has 0 bridgehead atoms. The second-order valence-corrected chi connectivity index (χ2v) is 19.9. The fourth-order valence-electron chi connectivity index (χ4n) is 11.2. The minimum absolute atomic E-state index is 0.372. The zero-order valence-electron chi connectivity index (χ0n) is 36.1. The second kappa shape index (κ2) is 22.0. The Labute approximate surface area is 301 Å². The van der Waals surface area contributed by atoms with Crippen molar-refractivity contribution in [2.45, 2.75) is 208 Å². The molecule has 11 unspecified atom stereocenters. The van der Waals surface area contributed by atoms with Crippen LogP contribution in [0.1, 0.15) is 208 Å². The van der Waals surface area contributed by atoms with E-state index in [9.17, 15) is 0 Å². The molecular weight excluding hydrogens is 565 g/mol. The van der Waals surface area contributed by atoms with Crippen molar-refractivity contribution in [3.63, 3.8) is 0 Å². The standard InChI is InChI=1S/C47H94/c1-18-22-25-26-36(13)29-39-30-40(39)31-47(16,17)46(37(14)21-4)45(42(34(9)10)28-24-20-3)44(41(33(7)8)27-23-19-2)43(35(11)12)38(15)32(5)6/h32-46H,18-31H2,1-17H3. The van der Waals surface area contributed by atoms with Crippen LogP contribution in [0.25, 0.3) is 0 Å². The van der Waals surface area contributed by atoms with Gasteiger partial charge in [0.05, 0.1) is 0 Å². The fourth-order valence-corrected chi connectivity index (χ4v) is 11.2. The molecule has 0 N–H and O–H groups in total. The van der Waals surface area contributed by atoms with Gasteiger partial charge in [-0.1, -0.05) is 175 Å². The highest BCUT2D eigenvalue weighted by Gasteiger charge is 2.53. The van der Waals surface area contributed by atoms with Crippen molar-refractivity contribution in [1.29, 1.82) is 0 Å². The zero-order valence-corrected chi connectivity index (χ0v) is 36.1.